The Morgan fingerprint density at radius 2 is 1.93 bits per heavy atom. The number of hydrogen-bond donors (Lipinski definition) is 2. The van der Waals surface area contributed by atoms with Crippen LogP contribution in [0.4, 0.5) is 5.69 Å². The Kier molecular flexibility index (Phi) is 2.13. The van der Waals surface area contributed by atoms with Crippen LogP contribution in [0.3, 0.4) is 0 Å². The monoisotopic (exact) mass is 205 g/mol. The van der Waals surface area contributed by atoms with Crippen molar-refractivity contribution in [2.24, 2.45) is 7.05 Å². The number of benzene rings is 1. The highest BCUT2D eigenvalue weighted by molar-refractivity contribution is 7.71. The molecule has 0 fully saturated rings. The molecule has 3 nitrogen and oxygen atoms in total. The summed E-state index contributed by atoms with van der Waals surface area (Å²) in [6.45, 7) is 0. The summed E-state index contributed by atoms with van der Waals surface area (Å²) in [5, 5.41) is 0. The lowest BCUT2D eigenvalue weighted by atomic mass is 10.1. The standard InChI is InChI=1S/C10H11N3S/c1-13-9(6-12-10(13)14)7-2-4-8(11)5-3-7/h2-6H,11H2,1H3,(H,12,14). The normalized spacial score (nSPS) is 10.4. The van der Waals surface area contributed by atoms with Gasteiger partial charge in [-0.3, -0.25) is 0 Å². The van der Waals surface area contributed by atoms with E-state index in [-0.39, 0.29) is 0 Å². The first-order valence-electron chi connectivity index (χ1n) is 4.29. The Bertz CT molecular complexity index is 493. The molecular formula is C10H11N3S. The van der Waals surface area contributed by atoms with E-state index in [1.54, 1.807) is 0 Å². The van der Waals surface area contributed by atoms with Gasteiger partial charge in [0.15, 0.2) is 4.77 Å². The molecule has 0 bridgehead atoms. The van der Waals surface area contributed by atoms with Gasteiger partial charge in [0.1, 0.15) is 0 Å². The van der Waals surface area contributed by atoms with Crippen molar-refractivity contribution in [2.45, 2.75) is 0 Å². The molecule has 0 unspecified atom stereocenters. The minimum atomic E-state index is 0.719. The van der Waals surface area contributed by atoms with Crippen LogP contribution in [0.2, 0.25) is 0 Å². The van der Waals surface area contributed by atoms with E-state index < -0.39 is 0 Å². The summed E-state index contributed by atoms with van der Waals surface area (Å²) in [6.07, 6.45) is 1.90. The first-order valence-corrected chi connectivity index (χ1v) is 4.69. The Balaban J connectivity index is 2.55. The summed E-state index contributed by atoms with van der Waals surface area (Å²) < 4.78 is 2.65. The molecular weight excluding hydrogens is 194 g/mol. The van der Waals surface area contributed by atoms with Crippen molar-refractivity contribution in [1.82, 2.24) is 9.55 Å². The summed E-state index contributed by atoms with van der Waals surface area (Å²) in [4.78, 5) is 3.00. The molecule has 14 heavy (non-hydrogen) atoms. The van der Waals surface area contributed by atoms with Gasteiger partial charge >= 0.3 is 0 Å². The molecule has 0 saturated carbocycles. The van der Waals surface area contributed by atoms with E-state index in [4.69, 9.17) is 18.0 Å². The highest BCUT2D eigenvalue weighted by Crippen LogP contribution is 2.19. The maximum atomic E-state index is 5.61. The molecule has 1 heterocycles. The Morgan fingerprint density at radius 3 is 2.43 bits per heavy atom. The average Bonchev–Trinajstić information content (AvgIpc) is 2.50. The Labute approximate surface area is 87.2 Å². The van der Waals surface area contributed by atoms with Crippen LogP contribution in [-0.2, 0) is 7.05 Å². The van der Waals surface area contributed by atoms with E-state index in [0.717, 1.165) is 21.7 Å². The van der Waals surface area contributed by atoms with Gasteiger partial charge in [0.05, 0.1) is 5.69 Å². The highest BCUT2D eigenvalue weighted by Gasteiger charge is 2.01. The van der Waals surface area contributed by atoms with Crippen LogP contribution in [0.1, 0.15) is 0 Å². The zero-order chi connectivity index (χ0) is 10.1. The largest absolute Gasteiger partial charge is 0.399 e. The van der Waals surface area contributed by atoms with Gasteiger partial charge in [-0.2, -0.15) is 0 Å². The fourth-order valence-corrected chi connectivity index (χ4v) is 1.52. The minimum absolute atomic E-state index is 0.719. The van der Waals surface area contributed by atoms with E-state index in [0.29, 0.717) is 0 Å². The van der Waals surface area contributed by atoms with Crippen molar-refractivity contribution in [3.63, 3.8) is 0 Å². The maximum Gasteiger partial charge on any atom is 0.177 e. The molecule has 0 radical (unpaired) electrons. The van der Waals surface area contributed by atoms with Gasteiger partial charge in [0.2, 0.25) is 0 Å². The molecule has 4 heteroatoms. The minimum Gasteiger partial charge on any atom is -0.399 e. The maximum absolute atomic E-state index is 5.61. The van der Waals surface area contributed by atoms with Crippen molar-refractivity contribution in [1.29, 1.82) is 0 Å². The molecule has 0 atom stereocenters. The van der Waals surface area contributed by atoms with E-state index in [1.807, 2.05) is 42.1 Å². The molecule has 0 aliphatic heterocycles. The molecule has 1 aromatic carbocycles. The zero-order valence-electron chi connectivity index (χ0n) is 7.82. The van der Waals surface area contributed by atoms with Crippen molar-refractivity contribution in [3.05, 3.63) is 35.2 Å². The number of imidazole rings is 1. The molecule has 0 aliphatic rings. The molecule has 1 aromatic heterocycles. The van der Waals surface area contributed by atoms with E-state index in [9.17, 15) is 0 Å². The molecule has 0 aliphatic carbocycles. The number of anilines is 1. The summed E-state index contributed by atoms with van der Waals surface area (Å²) in [7, 11) is 1.94. The predicted octanol–water partition coefficient (Wildman–Crippen LogP) is 2.33. The molecule has 72 valence electrons. The number of hydrogen-bond acceptors (Lipinski definition) is 2. The van der Waals surface area contributed by atoms with Crippen LogP contribution < -0.4 is 5.73 Å². The number of nitrogen functional groups attached to an aromatic ring is 1. The second-order valence-electron chi connectivity index (χ2n) is 3.16. The molecule has 0 amide bonds. The third-order valence-corrected chi connectivity index (χ3v) is 2.60. The lowest BCUT2D eigenvalue weighted by Gasteiger charge is -2.02. The Morgan fingerprint density at radius 1 is 1.29 bits per heavy atom. The molecule has 0 spiro atoms. The van der Waals surface area contributed by atoms with Gasteiger partial charge in [0.25, 0.3) is 0 Å². The second kappa shape index (κ2) is 3.31. The topological polar surface area (TPSA) is 46.7 Å². The van der Waals surface area contributed by atoms with Crippen LogP contribution in [0.5, 0.6) is 0 Å². The number of rotatable bonds is 1. The van der Waals surface area contributed by atoms with Crippen LogP contribution in [-0.4, -0.2) is 9.55 Å². The number of H-pyrrole nitrogens is 1. The molecule has 2 aromatic rings. The zero-order valence-corrected chi connectivity index (χ0v) is 8.64. The van der Waals surface area contributed by atoms with Gasteiger partial charge in [-0.1, -0.05) is 12.1 Å². The van der Waals surface area contributed by atoms with Gasteiger partial charge < -0.3 is 15.3 Å². The third-order valence-electron chi connectivity index (χ3n) is 2.20. The fraction of sp³-hybridized carbons (Fsp3) is 0.100. The van der Waals surface area contributed by atoms with Gasteiger partial charge in [-0.25, -0.2) is 0 Å². The van der Waals surface area contributed by atoms with Crippen molar-refractivity contribution >= 4 is 17.9 Å². The summed E-state index contributed by atoms with van der Waals surface area (Å²) in [5.74, 6) is 0. The number of aromatic amines is 1. The lowest BCUT2D eigenvalue weighted by molar-refractivity contribution is 0.902. The number of nitrogens with zero attached hydrogens (tertiary/aromatic N) is 1. The van der Waals surface area contributed by atoms with E-state index in [1.165, 1.54) is 0 Å². The summed E-state index contributed by atoms with van der Waals surface area (Å²) in [5.41, 5.74) is 8.55. The SMILES string of the molecule is Cn1c(-c2ccc(N)cc2)c[nH]c1=S. The molecule has 3 N–H and O–H groups in total. The lowest BCUT2D eigenvalue weighted by Crippen LogP contribution is -1.91. The average molecular weight is 205 g/mol. The van der Waals surface area contributed by atoms with Gasteiger partial charge in [-0.05, 0) is 29.9 Å². The van der Waals surface area contributed by atoms with Crippen molar-refractivity contribution < 1.29 is 0 Å². The number of nitrogens with two attached hydrogens (primary N) is 1. The van der Waals surface area contributed by atoms with Crippen LogP contribution >= 0.6 is 12.2 Å². The van der Waals surface area contributed by atoms with Gasteiger partial charge in [-0.15, -0.1) is 0 Å². The summed E-state index contributed by atoms with van der Waals surface area (Å²) in [6, 6.07) is 7.72. The first-order chi connectivity index (χ1) is 6.68. The van der Waals surface area contributed by atoms with Crippen molar-refractivity contribution in [3.8, 4) is 11.3 Å². The number of aromatic nitrogens is 2. The summed E-state index contributed by atoms with van der Waals surface area (Å²) >= 11 is 5.08. The van der Waals surface area contributed by atoms with Crippen molar-refractivity contribution in [2.75, 3.05) is 5.73 Å². The van der Waals surface area contributed by atoms with E-state index in [2.05, 4.69) is 4.98 Å². The second-order valence-corrected chi connectivity index (χ2v) is 3.55. The first kappa shape index (κ1) is 9.02. The van der Waals surface area contributed by atoms with E-state index >= 15 is 0 Å². The highest BCUT2D eigenvalue weighted by atomic mass is 32.1. The van der Waals surface area contributed by atoms with Crippen LogP contribution in [0, 0.1) is 4.77 Å². The Hall–Kier alpha value is -1.55. The smallest absolute Gasteiger partial charge is 0.177 e. The molecule has 2 rings (SSSR count). The van der Waals surface area contributed by atoms with Crippen LogP contribution in [0.15, 0.2) is 30.5 Å². The number of nitrogens with one attached hydrogen (secondary N) is 1. The van der Waals surface area contributed by atoms with Crippen LogP contribution in [0.25, 0.3) is 11.3 Å². The van der Waals surface area contributed by atoms with Gasteiger partial charge in [0, 0.05) is 18.9 Å². The fourth-order valence-electron chi connectivity index (χ4n) is 1.36. The predicted molar refractivity (Wildman–Crippen MR) is 60.4 cm³/mol. The third kappa shape index (κ3) is 1.44. The quantitative estimate of drug-likeness (QED) is 0.554. The molecule has 0 saturated heterocycles.